The number of hydrogen-bond acceptors (Lipinski definition) is 2. The molecule has 4 heteroatoms. The maximum Gasteiger partial charge on any atom is 0.253 e. The third-order valence-electron chi connectivity index (χ3n) is 3.41. The minimum atomic E-state index is 0.0477. The van der Waals surface area contributed by atoms with Gasteiger partial charge in [0.1, 0.15) is 0 Å². The van der Waals surface area contributed by atoms with Gasteiger partial charge in [-0.3, -0.25) is 4.79 Å². The molecule has 106 valence electrons. The molecule has 0 fully saturated rings. The Bertz CT molecular complexity index is 446. The lowest BCUT2D eigenvalue weighted by atomic mass is 10.0. The largest absolute Gasteiger partial charge is 0.342 e. The van der Waals surface area contributed by atoms with Crippen molar-refractivity contribution in [2.24, 2.45) is 11.7 Å². The van der Waals surface area contributed by atoms with Crippen LogP contribution in [0.2, 0.25) is 0 Å². The molecule has 0 saturated carbocycles. The van der Waals surface area contributed by atoms with Crippen molar-refractivity contribution < 1.29 is 4.79 Å². The molecule has 1 aromatic rings. The molecule has 1 atom stereocenters. The molecule has 19 heavy (non-hydrogen) atoms. The van der Waals surface area contributed by atoms with Gasteiger partial charge in [0.25, 0.3) is 5.91 Å². The molecule has 0 aliphatic rings. The molecular formula is C15H23BrN2O. The lowest BCUT2D eigenvalue weighted by Crippen LogP contribution is -2.34. The molecule has 0 bridgehead atoms. The average Bonchev–Trinajstić information content (AvgIpc) is 2.37. The van der Waals surface area contributed by atoms with E-state index >= 15 is 0 Å². The number of hydrogen-bond donors (Lipinski definition) is 1. The Morgan fingerprint density at radius 2 is 2.05 bits per heavy atom. The standard InChI is InChI=1S/C15H23BrN2O/c1-10(2)14(17)7-8-18(4)15(19)12-5-6-13(16)11(3)9-12/h5-6,9-10,14H,7-8,17H2,1-4H3. The second kappa shape index (κ2) is 7.06. The zero-order chi connectivity index (χ0) is 14.6. The highest BCUT2D eigenvalue weighted by atomic mass is 79.9. The van der Waals surface area contributed by atoms with Crippen molar-refractivity contribution in [2.45, 2.75) is 33.2 Å². The number of nitrogens with two attached hydrogens (primary N) is 1. The van der Waals surface area contributed by atoms with Gasteiger partial charge in [-0.15, -0.1) is 0 Å². The van der Waals surface area contributed by atoms with Crippen LogP contribution in [0.1, 0.15) is 36.2 Å². The minimum Gasteiger partial charge on any atom is -0.342 e. The lowest BCUT2D eigenvalue weighted by Gasteiger charge is -2.21. The predicted octanol–water partition coefficient (Wildman–Crippen LogP) is 3.20. The molecule has 2 N–H and O–H groups in total. The third-order valence-corrected chi connectivity index (χ3v) is 4.30. The molecule has 1 rings (SSSR count). The highest BCUT2D eigenvalue weighted by molar-refractivity contribution is 9.10. The van der Waals surface area contributed by atoms with Crippen LogP contribution in [0, 0.1) is 12.8 Å². The fourth-order valence-electron chi connectivity index (χ4n) is 1.78. The average molecular weight is 327 g/mol. The van der Waals surface area contributed by atoms with Crippen LogP contribution in [0.15, 0.2) is 22.7 Å². The summed E-state index contributed by atoms with van der Waals surface area (Å²) in [5, 5.41) is 0. The van der Waals surface area contributed by atoms with E-state index in [-0.39, 0.29) is 11.9 Å². The number of carbonyl (C=O) groups is 1. The van der Waals surface area contributed by atoms with Crippen molar-refractivity contribution in [3.8, 4) is 0 Å². The first kappa shape index (κ1) is 16.2. The highest BCUT2D eigenvalue weighted by Gasteiger charge is 2.14. The molecule has 0 spiro atoms. The summed E-state index contributed by atoms with van der Waals surface area (Å²) >= 11 is 3.44. The molecule has 0 aromatic heterocycles. The number of rotatable bonds is 5. The van der Waals surface area contributed by atoms with Crippen molar-refractivity contribution in [1.82, 2.24) is 4.90 Å². The summed E-state index contributed by atoms with van der Waals surface area (Å²) in [6, 6.07) is 5.81. The summed E-state index contributed by atoms with van der Waals surface area (Å²) in [5.74, 6) is 0.491. The number of benzene rings is 1. The third kappa shape index (κ3) is 4.62. The second-order valence-electron chi connectivity index (χ2n) is 5.39. The first-order valence-electron chi connectivity index (χ1n) is 6.60. The predicted molar refractivity (Wildman–Crippen MR) is 83.3 cm³/mol. The topological polar surface area (TPSA) is 46.3 Å². The van der Waals surface area contributed by atoms with Gasteiger partial charge in [-0.25, -0.2) is 0 Å². The molecule has 1 aromatic carbocycles. The Labute approximate surface area is 124 Å². The van der Waals surface area contributed by atoms with Crippen LogP contribution in [-0.4, -0.2) is 30.4 Å². The summed E-state index contributed by atoms with van der Waals surface area (Å²) in [6.07, 6.45) is 0.829. The smallest absolute Gasteiger partial charge is 0.253 e. The van der Waals surface area contributed by atoms with Gasteiger partial charge in [0, 0.05) is 29.7 Å². The summed E-state index contributed by atoms with van der Waals surface area (Å²) in [5.41, 5.74) is 7.79. The normalized spacial score (nSPS) is 12.6. The van der Waals surface area contributed by atoms with E-state index < -0.39 is 0 Å². The van der Waals surface area contributed by atoms with E-state index in [9.17, 15) is 4.79 Å². The van der Waals surface area contributed by atoms with E-state index in [1.165, 1.54) is 0 Å². The second-order valence-corrected chi connectivity index (χ2v) is 6.24. The van der Waals surface area contributed by atoms with Gasteiger partial charge in [-0.05, 0) is 43.0 Å². The quantitative estimate of drug-likeness (QED) is 0.903. The fraction of sp³-hybridized carbons (Fsp3) is 0.533. The van der Waals surface area contributed by atoms with Crippen molar-refractivity contribution >= 4 is 21.8 Å². The first-order chi connectivity index (χ1) is 8.82. The van der Waals surface area contributed by atoms with Gasteiger partial charge in [-0.2, -0.15) is 0 Å². The van der Waals surface area contributed by atoms with Crippen LogP contribution < -0.4 is 5.73 Å². The van der Waals surface area contributed by atoms with E-state index in [1.807, 2.05) is 32.2 Å². The maximum atomic E-state index is 12.3. The number of nitrogens with zero attached hydrogens (tertiary/aromatic N) is 1. The minimum absolute atomic E-state index is 0.0477. The first-order valence-corrected chi connectivity index (χ1v) is 7.39. The van der Waals surface area contributed by atoms with Gasteiger partial charge in [0.05, 0.1) is 0 Å². The number of aryl methyl sites for hydroxylation is 1. The summed E-state index contributed by atoms with van der Waals surface area (Å²) in [7, 11) is 1.83. The molecule has 0 aliphatic heterocycles. The van der Waals surface area contributed by atoms with Gasteiger partial charge in [0.15, 0.2) is 0 Å². The zero-order valence-corrected chi connectivity index (χ0v) is 13.7. The van der Waals surface area contributed by atoms with E-state index in [2.05, 4.69) is 29.8 Å². The van der Waals surface area contributed by atoms with Crippen molar-refractivity contribution in [3.63, 3.8) is 0 Å². The summed E-state index contributed by atoms with van der Waals surface area (Å²) in [4.78, 5) is 14.0. The number of amides is 1. The molecule has 1 unspecified atom stereocenters. The molecule has 3 nitrogen and oxygen atoms in total. The van der Waals surface area contributed by atoms with Gasteiger partial charge in [-0.1, -0.05) is 29.8 Å². The monoisotopic (exact) mass is 326 g/mol. The Morgan fingerprint density at radius 3 is 2.58 bits per heavy atom. The molecule has 0 radical (unpaired) electrons. The van der Waals surface area contributed by atoms with Gasteiger partial charge < -0.3 is 10.6 Å². The van der Waals surface area contributed by atoms with Crippen molar-refractivity contribution in [3.05, 3.63) is 33.8 Å². The van der Waals surface area contributed by atoms with E-state index in [0.717, 1.165) is 22.0 Å². The van der Waals surface area contributed by atoms with Crippen LogP contribution in [-0.2, 0) is 0 Å². The summed E-state index contributed by atoms with van der Waals surface area (Å²) < 4.78 is 1.02. The Balaban J connectivity index is 2.64. The maximum absolute atomic E-state index is 12.3. The Kier molecular flexibility index (Phi) is 6.01. The molecule has 1 amide bonds. The van der Waals surface area contributed by atoms with Crippen LogP contribution in [0.5, 0.6) is 0 Å². The van der Waals surface area contributed by atoms with Crippen LogP contribution in [0.3, 0.4) is 0 Å². The molecular weight excluding hydrogens is 304 g/mol. The van der Waals surface area contributed by atoms with Crippen LogP contribution >= 0.6 is 15.9 Å². The Hall–Kier alpha value is -0.870. The van der Waals surface area contributed by atoms with E-state index in [0.29, 0.717) is 12.5 Å². The molecule has 0 aliphatic carbocycles. The number of carbonyl (C=O) groups excluding carboxylic acids is 1. The lowest BCUT2D eigenvalue weighted by molar-refractivity contribution is 0.0789. The number of halogens is 1. The van der Waals surface area contributed by atoms with Crippen LogP contribution in [0.25, 0.3) is 0 Å². The van der Waals surface area contributed by atoms with E-state index in [4.69, 9.17) is 5.73 Å². The van der Waals surface area contributed by atoms with Gasteiger partial charge in [0.2, 0.25) is 0 Å². The van der Waals surface area contributed by atoms with Crippen molar-refractivity contribution in [1.29, 1.82) is 0 Å². The van der Waals surface area contributed by atoms with E-state index in [1.54, 1.807) is 4.90 Å². The summed E-state index contributed by atoms with van der Waals surface area (Å²) in [6.45, 7) is 6.87. The molecule has 0 heterocycles. The molecule has 0 saturated heterocycles. The van der Waals surface area contributed by atoms with Crippen molar-refractivity contribution in [2.75, 3.05) is 13.6 Å². The zero-order valence-electron chi connectivity index (χ0n) is 12.1. The van der Waals surface area contributed by atoms with Gasteiger partial charge >= 0.3 is 0 Å². The van der Waals surface area contributed by atoms with Crippen LogP contribution in [0.4, 0.5) is 0 Å². The highest BCUT2D eigenvalue weighted by Crippen LogP contribution is 2.18. The fourth-order valence-corrected chi connectivity index (χ4v) is 2.02. The SMILES string of the molecule is Cc1cc(C(=O)N(C)CCC(N)C(C)C)ccc1Br. The Morgan fingerprint density at radius 1 is 1.42 bits per heavy atom.